The second kappa shape index (κ2) is 7.80. The maximum absolute atomic E-state index is 13.0. The van der Waals surface area contributed by atoms with Crippen LogP contribution in [0.2, 0.25) is 0 Å². The average Bonchev–Trinajstić information content (AvgIpc) is 3.34. The van der Waals surface area contributed by atoms with E-state index in [2.05, 4.69) is 15.0 Å². The minimum atomic E-state index is -0.602. The molecule has 0 radical (unpaired) electrons. The number of methoxy groups -OCH3 is 1. The van der Waals surface area contributed by atoms with Gasteiger partial charge in [-0.25, -0.2) is 9.78 Å². The summed E-state index contributed by atoms with van der Waals surface area (Å²) in [6.07, 6.45) is 7.93. The molecule has 1 saturated heterocycles. The third-order valence-corrected chi connectivity index (χ3v) is 6.06. The second-order valence-corrected chi connectivity index (χ2v) is 7.74. The Morgan fingerprint density at radius 1 is 1.22 bits per heavy atom. The fraction of sp³-hybridized carbons (Fsp3) is 0.571. The lowest BCUT2D eigenvalue weighted by Crippen LogP contribution is -2.40. The average molecular weight is 370 g/mol. The van der Waals surface area contributed by atoms with E-state index in [1.807, 2.05) is 12.1 Å². The monoisotopic (exact) mass is 370 g/mol. The highest BCUT2D eigenvalue weighted by Crippen LogP contribution is 2.36. The van der Waals surface area contributed by atoms with Gasteiger partial charge in [0.05, 0.1) is 13.2 Å². The van der Waals surface area contributed by atoms with Gasteiger partial charge in [-0.15, -0.1) is 0 Å². The molecule has 2 fully saturated rings. The van der Waals surface area contributed by atoms with Crippen molar-refractivity contribution >= 4 is 22.9 Å². The largest absolute Gasteiger partial charge is 0.462 e. The Kier molecular flexibility index (Phi) is 5.25. The van der Waals surface area contributed by atoms with Crippen LogP contribution in [0.5, 0.6) is 0 Å². The van der Waals surface area contributed by atoms with Crippen LogP contribution in [0.4, 0.5) is 0 Å². The summed E-state index contributed by atoms with van der Waals surface area (Å²) in [4.78, 5) is 28.7. The molecule has 1 aliphatic carbocycles. The Morgan fingerprint density at radius 3 is 2.81 bits per heavy atom. The van der Waals surface area contributed by atoms with E-state index in [-0.39, 0.29) is 17.7 Å². The Hall–Kier alpha value is -2.21. The molecule has 1 N–H and O–H groups in total. The summed E-state index contributed by atoms with van der Waals surface area (Å²) in [5.41, 5.74) is 1.99. The molecule has 1 aliphatic heterocycles. The number of Topliss-reactive ketones (excluding diaryl/α,β-unsaturated/α-hetero) is 1. The number of hydrogen-bond donors (Lipinski definition) is 1. The van der Waals surface area contributed by atoms with Gasteiger partial charge in [-0.3, -0.25) is 4.79 Å². The summed E-state index contributed by atoms with van der Waals surface area (Å²) in [7, 11) is 1.29. The van der Waals surface area contributed by atoms with E-state index >= 15 is 0 Å². The van der Waals surface area contributed by atoms with Crippen LogP contribution in [-0.2, 0) is 16.0 Å². The van der Waals surface area contributed by atoms with E-state index < -0.39 is 5.97 Å². The third kappa shape index (κ3) is 3.76. The minimum absolute atomic E-state index is 0.0354. The van der Waals surface area contributed by atoms with Gasteiger partial charge in [0.1, 0.15) is 5.52 Å². The number of fused-ring (bicyclic) bond motifs is 1. The zero-order valence-electron chi connectivity index (χ0n) is 15.7. The molecule has 6 nitrogen and oxygen atoms in total. The van der Waals surface area contributed by atoms with Crippen LogP contribution in [0.15, 0.2) is 22.6 Å². The molecule has 2 aliphatic rings. The predicted molar refractivity (Wildman–Crippen MR) is 101 cm³/mol. The lowest BCUT2D eigenvalue weighted by Gasteiger charge is -2.30. The fourth-order valence-electron chi connectivity index (χ4n) is 4.72. The summed E-state index contributed by atoms with van der Waals surface area (Å²) in [5, 5.41) is 3.44. The number of esters is 1. The number of nitrogens with one attached hydrogen (secondary N) is 1. The smallest absolute Gasteiger partial charge is 0.394 e. The number of hydrogen-bond acceptors (Lipinski definition) is 6. The van der Waals surface area contributed by atoms with E-state index in [4.69, 9.17) is 4.42 Å². The summed E-state index contributed by atoms with van der Waals surface area (Å²) >= 11 is 0. The third-order valence-electron chi connectivity index (χ3n) is 6.06. The zero-order valence-corrected chi connectivity index (χ0v) is 15.7. The van der Waals surface area contributed by atoms with E-state index in [0.29, 0.717) is 29.4 Å². The number of aromatic nitrogens is 1. The van der Waals surface area contributed by atoms with Gasteiger partial charge in [0.2, 0.25) is 0 Å². The minimum Gasteiger partial charge on any atom is -0.462 e. The standard InChI is InChI=1S/C21H26N2O4/c1-26-21(25)20-23-16-11-13(7-8-18(16)27-20)12-17(24)19-15(9-10-22-19)14-5-3-2-4-6-14/h7-8,11,14-15,19,22H,2-6,9-10,12H2,1H3/t15-,19-/m0/s1. The predicted octanol–water partition coefficient (Wildman–Crippen LogP) is 3.28. The zero-order chi connectivity index (χ0) is 18.8. The molecule has 1 aromatic carbocycles. The normalized spacial score (nSPS) is 23.6. The molecule has 0 amide bonds. The first kappa shape index (κ1) is 18.2. The molecule has 27 heavy (non-hydrogen) atoms. The van der Waals surface area contributed by atoms with Crippen molar-refractivity contribution in [3.63, 3.8) is 0 Å². The number of ketones is 1. The van der Waals surface area contributed by atoms with Crippen molar-refractivity contribution in [3.8, 4) is 0 Å². The Bertz CT molecular complexity index is 838. The van der Waals surface area contributed by atoms with Crippen molar-refractivity contribution in [2.45, 2.75) is 51.0 Å². The van der Waals surface area contributed by atoms with Crippen molar-refractivity contribution < 1.29 is 18.7 Å². The molecule has 1 aromatic heterocycles. The van der Waals surface area contributed by atoms with E-state index in [9.17, 15) is 9.59 Å². The summed E-state index contributed by atoms with van der Waals surface area (Å²) in [5.74, 6) is 0.738. The van der Waals surface area contributed by atoms with Gasteiger partial charge in [0, 0.05) is 6.42 Å². The highest BCUT2D eigenvalue weighted by Gasteiger charge is 2.37. The Morgan fingerprint density at radius 2 is 2.04 bits per heavy atom. The van der Waals surface area contributed by atoms with Gasteiger partial charge in [-0.1, -0.05) is 38.2 Å². The first-order valence-corrected chi connectivity index (χ1v) is 9.89. The summed E-state index contributed by atoms with van der Waals surface area (Å²) < 4.78 is 10.0. The number of oxazole rings is 1. The van der Waals surface area contributed by atoms with E-state index in [1.165, 1.54) is 39.2 Å². The van der Waals surface area contributed by atoms with E-state index in [0.717, 1.165) is 18.5 Å². The van der Waals surface area contributed by atoms with Gasteiger partial charge in [-0.2, -0.15) is 0 Å². The number of benzene rings is 1. The van der Waals surface area contributed by atoms with Gasteiger partial charge in [0.15, 0.2) is 11.4 Å². The maximum atomic E-state index is 13.0. The molecule has 1 saturated carbocycles. The van der Waals surface area contributed by atoms with Crippen LogP contribution in [0, 0.1) is 11.8 Å². The van der Waals surface area contributed by atoms with Gasteiger partial charge in [0.25, 0.3) is 0 Å². The van der Waals surface area contributed by atoms with Crippen molar-refractivity contribution in [2.75, 3.05) is 13.7 Å². The number of carbonyl (C=O) groups is 2. The fourth-order valence-corrected chi connectivity index (χ4v) is 4.72. The van der Waals surface area contributed by atoms with Gasteiger partial charge in [-0.05, 0) is 42.5 Å². The van der Waals surface area contributed by atoms with Crippen LogP contribution in [0.1, 0.15) is 54.8 Å². The SMILES string of the molecule is COC(=O)c1nc2cc(CC(=O)[C@H]3NCC[C@H]3C3CCCCC3)ccc2o1. The molecule has 0 spiro atoms. The summed E-state index contributed by atoms with van der Waals surface area (Å²) in [6.45, 7) is 0.933. The van der Waals surface area contributed by atoms with Crippen LogP contribution < -0.4 is 5.32 Å². The maximum Gasteiger partial charge on any atom is 0.394 e. The molecule has 144 valence electrons. The summed E-state index contributed by atoms with van der Waals surface area (Å²) in [6, 6.07) is 5.43. The molecule has 2 heterocycles. The van der Waals surface area contributed by atoms with E-state index in [1.54, 1.807) is 6.07 Å². The number of carbonyl (C=O) groups excluding carboxylic acids is 2. The van der Waals surface area contributed by atoms with Crippen LogP contribution >= 0.6 is 0 Å². The highest BCUT2D eigenvalue weighted by atomic mass is 16.5. The Labute approximate surface area is 158 Å². The van der Waals surface area contributed by atoms with Crippen molar-refractivity contribution in [2.24, 2.45) is 11.8 Å². The first-order valence-electron chi connectivity index (χ1n) is 9.89. The van der Waals surface area contributed by atoms with Crippen molar-refractivity contribution in [1.82, 2.24) is 10.3 Å². The molecule has 4 rings (SSSR count). The molecule has 0 bridgehead atoms. The topological polar surface area (TPSA) is 81.4 Å². The molecule has 0 unspecified atom stereocenters. The lowest BCUT2D eigenvalue weighted by atomic mass is 9.75. The molecule has 2 aromatic rings. The van der Waals surface area contributed by atoms with Crippen LogP contribution in [0.3, 0.4) is 0 Å². The number of ether oxygens (including phenoxy) is 1. The first-order chi connectivity index (χ1) is 13.2. The quantitative estimate of drug-likeness (QED) is 0.814. The van der Waals surface area contributed by atoms with Crippen molar-refractivity contribution in [3.05, 3.63) is 29.7 Å². The second-order valence-electron chi connectivity index (χ2n) is 7.74. The highest BCUT2D eigenvalue weighted by molar-refractivity contribution is 5.90. The Balaban J connectivity index is 1.47. The molecular weight excluding hydrogens is 344 g/mol. The van der Waals surface area contributed by atoms with Gasteiger partial charge < -0.3 is 14.5 Å². The van der Waals surface area contributed by atoms with Gasteiger partial charge >= 0.3 is 11.9 Å². The van der Waals surface area contributed by atoms with Crippen LogP contribution in [0.25, 0.3) is 11.1 Å². The van der Waals surface area contributed by atoms with Crippen LogP contribution in [-0.4, -0.2) is 36.4 Å². The number of rotatable bonds is 5. The van der Waals surface area contributed by atoms with Crippen molar-refractivity contribution in [1.29, 1.82) is 0 Å². The molecule has 2 atom stereocenters. The molecular formula is C21H26N2O4. The lowest BCUT2D eigenvalue weighted by molar-refractivity contribution is -0.121. The molecule has 6 heteroatoms. The number of nitrogens with zero attached hydrogens (tertiary/aromatic N) is 1.